The highest BCUT2D eigenvalue weighted by molar-refractivity contribution is 5.90. The second kappa shape index (κ2) is 6.96. The molecule has 0 saturated carbocycles. The van der Waals surface area contributed by atoms with Crippen molar-refractivity contribution in [2.45, 2.75) is 26.2 Å². The van der Waals surface area contributed by atoms with Crippen LogP contribution in [0, 0.1) is 0 Å². The minimum atomic E-state index is 0.00248. The molecule has 0 fully saturated rings. The van der Waals surface area contributed by atoms with Gasteiger partial charge in [0, 0.05) is 18.1 Å². The number of furan rings is 1. The predicted octanol–water partition coefficient (Wildman–Crippen LogP) is 4.26. The fraction of sp³-hybridized carbons (Fsp3) is 0.222. The quantitative estimate of drug-likeness (QED) is 0.740. The van der Waals surface area contributed by atoms with E-state index >= 15 is 0 Å². The molecule has 23 heavy (non-hydrogen) atoms. The number of hydrogen-bond acceptors (Lipinski definition) is 3. The third kappa shape index (κ3) is 3.51. The number of benzene rings is 1. The molecule has 118 valence electrons. The summed E-state index contributed by atoms with van der Waals surface area (Å²) in [6.45, 7) is 2.07. The minimum Gasteiger partial charge on any atom is -0.472 e. The molecule has 0 aliphatic heterocycles. The molecule has 0 unspecified atom stereocenters. The Morgan fingerprint density at radius 1 is 1.26 bits per heavy atom. The van der Waals surface area contributed by atoms with Gasteiger partial charge in [-0.2, -0.15) is 5.10 Å². The Kier molecular flexibility index (Phi) is 4.57. The van der Waals surface area contributed by atoms with Gasteiger partial charge in [-0.3, -0.25) is 4.79 Å². The monoisotopic (exact) mass is 309 g/mol. The van der Waals surface area contributed by atoms with Crippen LogP contribution in [0.15, 0.2) is 59.4 Å². The van der Waals surface area contributed by atoms with Crippen molar-refractivity contribution in [2.75, 3.05) is 5.32 Å². The van der Waals surface area contributed by atoms with Crippen LogP contribution in [0.3, 0.4) is 0 Å². The maximum Gasteiger partial charge on any atom is 0.225 e. The average Bonchev–Trinajstić information content (AvgIpc) is 3.23. The normalized spacial score (nSPS) is 10.7. The number of nitrogens with zero attached hydrogens (tertiary/aromatic N) is 2. The van der Waals surface area contributed by atoms with Gasteiger partial charge in [0.2, 0.25) is 5.91 Å². The molecular weight excluding hydrogens is 290 g/mol. The maximum absolute atomic E-state index is 12.1. The van der Waals surface area contributed by atoms with E-state index in [0.29, 0.717) is 12.2 Å². The second-order valence-electron chi connectivity index (χ2n) is 5.33. The van der Waals surface area contributed by atoms with Crippen LogP contribution in [0.5, 0.6) is 0 Å². The fourth-order valence-electron chi connectivity index (χ4n) is 2.33. The Bertz CT molecular complexity index is 761. The van der Waals surface area contributed by atoms with Crippen LogP contribution in [0.4, 0.5) is 5.82 Å². The predicted molar refractivity (Wildman–Crippen MR) is 89.4 cm³/mol. The van der Waals surface area contributed by atoms with Gasteiger partial charge in [-0.1, -0.05) is 31.5 Å². The lowest BCUT2D eigenvalue weighted by Gasteiger charge is -2.08. The first-order valence-corrected chi connectivity index (χ1v) is 7.76. The summed E-state index contributed by atoms with van der Waals surface area (Å²) in [6, 6.07) is 13.4. The molecule has 5 nitrogen and oxygen atoms in total. The van der Waals surface area contributed by atoms with Crippen molar-refractivity contribution in [2.24, 2.45) is 0 Å². The molecule has 5 heteroatoms. The Morgan fingerprint density at radius 2 is 2.09 bits per heavy atom. The first kappa shape index (κ1) is 15.1. The number of anilines is 1. The van der Waals surface area contributed by atoms with Crippen LogP contribution < -0.4 is 5.32 Å². The van der Waals surface area contributed by atoms with E-state index in [-0.39, 0.29) is 5.91 Å². The van der Waals surface area contributed by atoms with E-state index in [4.69, 9.17) is 4.42 Å². The van der Waals surface area contributed by atoms with E-state index in [1.165, 1.54) is 0 Å². The maximum atomic E-state index is 12.1. The summed E-state index contributed by atoms with van der Waals surface area (Å²) >= 11 is 0. The van der Waals surface area contributed by atoms with E-state index in [0.717, 1.165) is 29.8 Å². The molecule has 3 aromatic rings. The van der Waals surface area contributed by atoms with Crippen LogP contribution in [-0.2, 0) is 4.79 Å². The van der Waals surface area contributed by atoms with Gasteiger partial charge >= 0.3 is 0 Å². The number of nitrogens with one attached hydrogen (secondary N) is 1. The first-order chi connectivity index (χ1) is 11.3. The van der Waals surface area contributed by atoms with E-state index in [1.807, 2.05) is 42.5 Å². The standard InChI is InChI=1S/C18H19N3O2/c1-2-3-9-18(22)19-17-12-16(14-10-11-23-13-14)20-21(17)15-7-5-4-6-8-15/h4-8,10-13H,2-3,9H2,1H3,(H,19,22). The van der Waals surface area contributed by atoms with Gasteiger partial charge < -0.3 is 9.73 Å². The highest BCUT2D eigenvalue weighted by Gasteiger charge is 2.14. The Hall–Kier alpha value is -2.82. The molecule has 0 atom stereocenters. The smallest absolute Gasteiger partial charge is 0.225 e. The van der Waals surface area contributed by atoms with Gasteiger partial charge in [0.25, 0.3) is 0 Å². The average molecular weight is 309 g/mol. The highest BCUT2D eigenvalue weighted by atomic mass is 16.3. The molecule has 1 aromatic carbocycles. The molecule has 0 saturated heterocycles. The van der Waals surface area contributed by atoms with Crippen LogP contribution in [0.2, 0.25) is 0 Å². The van der Waals surface area contributed by atoms with E-state index in [1.54, 1.807) is 17.2 Å². The highest BCUT2D eigenvalue weighted by Crippen LogP contribution is 2.25. The number of unbranched alkanes of at least 4 members (excludes halogenated alkanes) is 1. The Labute approximate surface area is 134 Å². The number of amides is 1. The first-order valence-electron chi connectivity index (χ1n) is 7.76. The third-order valence-electron chi connectivity index (χ3n) is 3.55. The number of rotatable bonds is 6. The fourth-order valence-corrected chi connectivity index (χ4v) is 2.33. The molecular formula is C18H19N3O2. The lowest BCUT2D eigenvalue weighted by atomic mass is 10.2. The molecule has 1 amide bonds. The van der Waals surface area contributed by atoms with Gasteiger partial charge in [0.05, 0.1) is 23.9 Å². The molecule has 3 rings (SSSR count). The lowest BCUT2D eigenvalue weighted by molar-refractivity contribution is -0.116. The third-order valence-corrected chi connectivity index (χ3v) is 3.55. The summed E-state index contributed by atoms with van der Waals surface area (Å²) in [7, 11) is 0. The molecule has 2 aromatic heterocycles. The van der Waals surface area contributed by atoms with Gasteiger partial charge in [0.1, 0.15) is 5.82 Å². The zero-order valence-electron chi connectivity index (χ0n) is 13.0. The van der Waals surface area contributed by atoms with Gasteiger partial charge in [-0.15, -0.1) is 0 Å². The minimum absolute atomic E-state index is 0.00248. The summed E-state index contributed by atoms with van der Waals surface area (Å²) in [5.74, 6) is 0.663. The number of carbonyl (C=O) groups excluding carboxylic acids is 1. The van der Waals surface area contributed by atoms with Crippen LogP contribution in [-0.4, -0.2) is 15.7 Å². The van der Waals surface area contributed by atoms with Crippen molar-refractivity contribution in [3.63, 3.8) is 0 Å². The molecule has 2 heterocycles. The van der Waals surface area contributed by atoms with Crippen molar-refractivity contribution < 1.29 is 9.21 Å². The molecule has 0 aliphatic rings. The van der Waals surface area contributed by atoms with Gasteiger partial charge in [0.15, 0.2) is 0 Å². The molecule has 0 spiro atoms. The van der Waals surface area contributed by atoms with Crippen molar-refractivity contribution in [1.82, 2.24) is 9.78 Å². The van der Waals surface area contributed by atoms with Crippen LogP contribution >= 0.6 is 0 Å². The summed E-state index contributed by atoms with van der Waals surface area (Å²) in [5, 5.41) is 7.56. The zero-order chi connectivity index (χ0) is 16.1. The summed E-state index contributed by atoms with van der Waals surface area (Å²) in [5.41, 5.74) is 2.53. The number of aromatic nitrogens is 2. The number of para-hydroxylation sites is 1. The van der Waals surface area contributed by atoms with Crippen molar-refractivity contribution in [3.05, 3.63) is 55.0 Å². The topological polar surface area (TPSA) is 60.1 Å². The zero-order valence-corrected chi connectivity index (χ0v) is 13.0. The van der Waals surface area contributed by atoms with E-state index < -0.39 is 0 Å². The van der Waals surface area contributed by atoms with E-state index in [2.05, 4.69) is 17.3 Å². The summed E-state index contributed by atoms with van der Waals surface area (Å²) in [4.78, 5) is 12.1. The van der Waals surface area contributed by atoms with Gasteiger partial charge in [-0.05, 0) is 24.6 Å². The second-order valence-corrected chi connectivity index (χ2v) is 5.33. The summed E-state index contributed by atoms with van der Waals surface area (Å²) in [6.07, 6.45) is 5.62. The molecule has 1 N–H and O–H groups in total. The SMILES string of the molecule is CCCCC(=O)Nc1cc(-c2ccoc2)nn1-c1ccccc1. The number of carbonyl (C=O) groups is 1. The molecule has 0 aliphatic carbocycles. The lowest BCUT2D eigenvalue weighted by Crippen LogP contribution is -2.14. The Morgan fingerprint density at radius 3 is 2.78 bits per heavy atom. The van der Waals surface area contributed by atoms with Crippen molar-refractivity contribution >= 4 is 11.7 Å². The van der Waals surface area contributed by atoms with Crippen LogP contribution in [0.1, 0.15) is 26.2 Å². The molecule has 0 bridgehead atoms. The number of hydrogen-bond donors (Lipinski definition) is 1. The van der Waals surface area contributed by atoms with Crippen molar-refractivity contribution in [3.8, 4) is 16.9 Å². The largest absolute Gasteiger partial charge is 0.472 e. The van der Waals surface area contributed by atoms with Crippen LogP contribution in [0.25, 0.3) is 16.9 Å². The van der Waals surface area contributed by atoms with Crippen molar-refractivity contribution in [1.29, 1.82) is 0 Å². The summed E-state index contributed by atoms with van der Waals surface area (Å²) < 4.78 is 6.86. The van der Waals surface area contributed by atoms with E-state index in [9.17, 15) is 4.79 Å². The van der Waals surface area contributed by atoms with Gasteiger partial charge in [-0.25, -0.2) is 4.68 Å². The molecule has 0 radical (unpaired) electrons. The Balaban J connectivity index is 1.94.